The standard InChI is InChI=1S/C15H13F4NO/c16-9-2-3-10(13(18)6-9)11(7-20)15(21)8-1-4-12(17)14(19)5-8/h1-6,11,15,21H,7,20H2. The van der Waals surface area contributed by atoms with E-state index in [2.05, 4.69) is 0 Å². The Hall–Kier alpha value is -1.92. The lowest BCUT2D eigenvalue weighted by Crippen LogP contribution is -2.21. The zero-order valence-corrected chi connectivity index (χ0v) is 10.9. The fourth-order valence-corrected chi connectivity index (χ4v) is 2.16. The highest BCUT2D eigenvalue weighted by Crippen LogP contribution is 2.32. The van der Waals surface area contributed by atoms with Gasteiger partial charge in [-0.15, -0.1) is 0 Å². The van der Waals surface area contributed by atoms with E-state index in [9.17, 15) is 22.7 Å². The highest BCUT2D eigenvalue weighted by Gasteiger charge is 2.25. The van der Waals surface area contributed by atoms with E-state index >= 15 is 0 Å². The Kier molecular flexibility index (Phi) is 4.59. The number of aliphatic hydroxyl groups excluding tert-OH is 1. The molecule has 0 spiro atoms. The average molecular weight is 299 g/mol. The summed E-state index contributed by atoms with van der Waals surface area (Å²) in [5.41, 5.74) is 5.60. The van der Waals surface area contributed by atoms with E-state index in [1.165, 1.54) is 12.1 Å². The van der Waals surface area contributed by atoms with E-state index in [0.717, 1.165) is 18.2 Å². The lowest BCUT2D eigenvalue weighted by molar-refractivity contribution is 0.145. The maximum Gasteiger partial charge on any atom is 0.159 e. The molecule has 0 aliphatic rings. The zero-order valence-electron chi connectivity index (χ0n) is 10.9. The molecule has 0 saturated carbocycles. The normalized spacial score (nSPS) is 14.0. The molecule has 2 aromatic carbocycles. The number of benzene rings is 2. The number of hydrogen-bond donors (Lipinski definition) is 2. The number of halogens is 4. The molecule has 2 unspecified atom stereocenters. The molecular weight excluding hydrogens is 286 g/mol. The van der Waals surface area contributed by atoms with Gasteiger partial charge in [-0.2, -0.15) is 0 Å². The third kappa shape index (κ3) is 3.22. The van der Waals surface area contributed by atoms with Crippen LogP contribution in [0.15, 0.2) is 36.4 Å². The van der Waals surface area contributed by atoms with Gasteiger partial charge in [-0.3, -0.25) is 0 Å². The molecule has 2 rings (SSSR count). The number of hydrogen-bond acceptors (Lipinski definition) is 2. The molecular formula is C15H13F4NO. The Labute approximate surface area is 118 Å². The molecule has 0 radical (unpaired) electrons. The highest BCUT2D eigenvalue weighted by molar-refractivity contribution is 5.29. The van der Waals surface area contributed by atoms with E-state index in [-0.39, 0.29) is 17.7 Å². The van der Waals surface area contributed by atoms with Crippen molar-refractivity contribution in [2.75, 3.05) is 6.54 Å². The van der Waals surface area contributed by atoms with Gasteiger partial charge < -0.3 is 10.8 Å². The first-order valence-electron chi connectivity index (χ1n) is 6.22. The van der Waals surface area contributed by atoms with E-state index in [0.29, 0.717) is 6.07 Å². The molecule has 0 aliphatic carbocycles. The van der Waals surface area contributed by atoms with Crippen molar-refractivity contribution in [3.8, 4) is 0 Å². The van der Waals surface area contributed by atoms with Gasteiger partial charge in [0.2, 0.25) is 0 Å². The molecule has 3 N–H and O–H groups in total. The van der Waals surface area contributed by atoms with Gasteiger partial charge in [0, 0.05) is 18.5 Å². The summed E-state index contributed by atoms with van der Waals surface area (Å²) < 4.78 is 52.8. The SMILES string of the molecule is NCC(c1ccc(F)cc1F)C(O)c1ccc(F)c(F)c1. The predicted molar refractivity (Wildman–Crippen MR) is 69.5 cm³/mol. The summed E-state index contributed by atoms with van der Waals surface area (Å²) >= 11 is 0. The molecule has 0 bridgehead atoms. The molecule has 2 atom stereocenters. The molecule has 0 aliphatic heterocycles. The van der Waals surface area contributed by atoms with Crippen LogP contribution in [0.2, 0.25) is 0 Å². The quantitative estimate of drug-likeness (QED) is 0.853. The third-order valence-electron chi connectivity index (χ3n) is 3.28. The monoisotopic (exact) mass is 299 g/mol. The van der Waals surface area contributed by atoms with Crippen LogP contribution in [0.5, 0.6) is 0 Å². The second-order valence-electron chi connectivity index (χ2n) is 4.63. The van der Waals surface area contributed by atoms with Gasteiger partial charge in [0.25, 0.3) is 0 Å². The second kappa shape index (κ2) is 6.24. The summed E-state index contributed by atoms with van der Waals surface area (Å²) in [7, 11) is 0. The van der Waals surface area contributed by atoms with Gasteiger partial charge in [-0.1, -0.05) is 12.1 Å². The zero-order chi connectivity index (χ0) is 15.6. The van der Waals surface area contributed by atoms with Crippen molar-refractivity contribution in [3.63, 3.8) is 0 Å². The number of rotatable bonds is 4. The first-order chi connectivity index (χ1) is 9.93. The van der Waals surface area contributed by atoms with Crippen molar-refractivity contribution in [3.05, 3.63) is 70.8 Å². The molecule has 21 heavy (non-hydrogen) atoms. The van der Waals surface area contributed by atoms with Gasteiger partial charge in [-0.25, -0.2) is 17.6 Å². The molecule has 0 fully saturated rings. The topological polar surface area (TPSA) is 46.2 Å². The predicted octanol–water partition coefficient (Wildman–Crippen LogP) is 3.02. The Morgan fingerprint density at radius 1 is 0.905 bits per heavy atom. The Balaban J connectivity index is 2.37. The van der Waals surface area contributed by atoms with Crippen LogP contribution in [-0.4, -0.2) is 11.7 Å². The van der Waals surface area contributed by atoms with Crippen molar-refractivity contribution in [2.45, 2.75) is 12.0 Å². The molecule has 2 nitrogen and oxygen atoms in total. The van der Waals surface area contributed by atoms with Crippen LogP contribution < -0.4 is 5.73 Å². The van der Waals surface area contributed by atoms with Crippen molar-refractivity contribution in [1.29, 1.82) is 0 Å². The number of aliphatic hydroxyl groups is 1. The van der Waals surface area contributed by atoms with Gasteiger partial charge in [0.1, 0.15) is 11.6 Å². The molecule has 0 saturated heterocycles. The van der Waals surface area contributed by atoms with Crippen molar-refractivity contribution >= 4 is 0 Å². The minimum absolute atomic E-state index is 0.0103. The Morgan fingerprint density at radius 3 is 2.19 bits per heavy atom. The van der Waals surface area contributed by atoms with Gasteiger partial charge in [-0.05, 0) is 29.3 Å². The Bertz CT molecular complexity index is 648. The summed E-state index contributed by atoms with van der Waals surface area (Å²) in [6, 6.07) is 5.76. The maximum absolute atomic E-state index is 13.8. The summed E-state index contributed by atoms with van der Waals surface area (Å²) in [6.45, 7) is -0.150. The van der Waals surface area contributed by atoms with E-state index < -0.39 is 35.3 Å². The second-order valence-corrected chi connectivity index (χ2v) is 4.63. The molecule has 0 aromatic heterocycles. The summed E-state index contributed by atoms with van der Waals surface area (Å²) in [5.74, 6) is -4.69. The fraction of sp³-hybridized carbons (Fsp3) is 0.200. The van der Waals surface area contributed by atoms with Crippen LogP contribution in [0.1, 0.15) is 23.1 Å². The molecule has 0 heterocycles. The number of nitrogens with two attached hydrogens (primary N) is 1. The minimum atomic E-state index is -1.34. The molecule has 2 aromatic rings. The van der Waals surface area contributed by atoms with Crippen LogP contribution in [-0.2, 0) is 0 Å². The lowest BCUT2D eigenvalue weighted by atomic mass is 9.89. The maximum atomic E-state index is 13.8. The van der Waals surface area contributed by atoms with Crippen LogP contribution >= 0.6 is 0 Å². The smallest absolute Gasteiger partial charge is 0.159 e. The summed E-state index contributed by atoms with van der Waals surface area (Å²) in [6.07, 6.45) is -1.34. The van der Waals surface area contributed by atoms with Crippen LogP contribution in [0.4, 0.5) is 17.6 Å². The van der Waals surface area contributed by atoms with E-state index in [4.69, 9.17) is 5.73 Å². The van der Waals surface area contributed by atoms with E-state index in [1.807, 2.05) is 0 Å². The van der Waals surface area contributed by atoms with Crippen LogP contribution in [0, 0.1) is 23.3 Å². The fourth-order valence-electron chi connectivity index (χ4n) is 2.16. The lowest BCUT2D eigenvalue weighted by Gasteiger charge is -2.23. The average Bonchev–Trinajstić information content (AvgIpc) is 2.44. The summed E-state index contributed by atoms with van der Waals surface area (Å²) in [5, 5.41) is 10.2. The van der Waals surface area contributed by atoms with E-state index in [1.54, 1.807) is 0 Å². The van der Waals surface area contributed by atoms with Gasteiger partial charge in [0.05, 0.1) is 6.10 Å². The first kappa shape index (κ1) is 15.5. The Morgan fingerprint density at radius 2 is 1.62 bits per heavy atom. The molecule has 6 heteroatoms. The third-order valence-corrected chi connectivity index (χ3v) is 3.28. The highest BCUT2D eigenvalue weighted by atomic mass is 19.2. The van der Waals surface area contributed by atoms with Crippen LogP contribution in [0.25, 0.3) is 0 Å². The van der Waals surface area contributed by atoms with Gasteiger partial charge >= 0.3 is 0 Å². The molecule has 112 valence electrons. The minimum Gasteiger partial charge on any atom is -0.388 e. The van der Waals surface area contributed by atoms with Gasteiger partial charge in [0.15, 0.2) is 11.6 Å². The van der Waals surface area contributed by atoms with Crippen molar-refractivity contribution < 1.29 is 22.7 Å². The molecule has 0 amide bonds. The van der Waals surface area contributed by atoms with Crippen molar-refractivity contribution in [1.82, 2.24) is 0 Å². The summed E-state index contributed by atoms with van der Waals surface area (Å²) in [4.78, 5) is 0. The van der Waals surface area contributed by atoms with Crippen molar-refractivity contribution in [2.24, 2.45) is 5.73 Å². The van der Waals surface area contributed by atoms with Crippen LogP contribution in [0.3, 0.4) is 0 Å². The largest absolute Gasteiger partial charge is 0.388 e. The first-order valence-corrected chi connectivity index (χ1v) is 6.22.